The predicted molar refractivity (Wildman–Crippen MR) is 105 cm³/mol. The minimum Gasteiger partial charge on any atom is -0.311 e. The van der Waals surface area contributed by atoms with Gasteiger partial charge in [-0.05, 0) is 47.9 Å². The Labute approximate surface area is 151 Å². The Hall–Kier alpha value is -1.90. The van der Waals surface area contributed by atoms with E-state index in [2.05, 4.69) is 77.5 Å². The molecule has 0 spiro atoms. The maximum absolute atomic E-state index is 4.02. The summed E-state index contributed by atoms with van der Waals surface area (Å²) in [7, 11) is 0. The van der Waals surface area contributed by atoms with E-state index < -0.39 is 0 Å². The van der Waals surface area contributed by atoms with Crippen molar-refractivity contribution in [2.75, 3.05) is 19.6 Å². The van der Waals surface area contributed by atoms with Gasteiger partial charge in [-0.15, -0.1) is 6.58 Å². The molecule has 2 aromatic rings. The lowest BCUT2D eigenvalue weighted by atomic mass is 9.75. The van der Waals surface area contributed by atoms with Gasteiger partial charge in [0.2, 0.25) is 0 Å². The molecule has 130 valence electrons. The second-order valence-electron chi connectivity index (χ2n) is 7.53. The minimum atomic E-state index is 0.707. The number of piperidine rings is 3. The van der Waals surface area contributed by atoms with Crippen molar-refractivity contribution in [1.82, 2.24) is 10.2 Å². The molecule has 0 amide bonds. The van der Waals surface area contributed by atoms with E-state index in [1.807, 2.05) is 0 Å². The van der Waals surface area contributed by atoms with Crippen LogP contribution in [0.3, 0.4) is 0 Å². The van der Waals surface area contributed by atoms with Gasteiger partial charge >= 0.3 is 0 Å². The first kappa shape index (κ1) is 16.6. The second kappa shape index (κ2) is 7.55. The van der Waals surface area contributed by atoms with Gasteiger partial charge < -0.3 is 5.32 Å². The maximum atomic E-state index is 4.02. The summed E-state index contributed by atoms with van der Waals surface area (Å²) in [4.78, 5) is 2.66. The van der Waals surface area contributed by atoms with Gasteiger partial charge in [-0.3, -0.25) is 4.90 Å². The first-order valence-electron chi connectivity index (χ1n) is 9.55. The fraction of sp³-hybridized carbons (Fsp3) is 0.391. The van der Waals surface area contributed by atoms with Gasteiger partial charge in [-0.25, -0.2) is 0 Å². The van der Waals surface area contributed by atoms with Crippen LogP contribution < -0.4 is 5.32 Å². The lowest BCUT2D eigenvalue weighted by Gasteiger charge is -2.49. The first-order chi connectivity index (χ1) is 12.3. The van der Waals surface area contributed by atoms with E-state index in [0.29, 0.717) is 6.04 Å². The molecule has 2 heteroatoms. The van der Waals surface area contributed by atoms with Gasteiger partial charge in [0.25, 0.3) is 0 Å². The molecule has 3 fully saturated rings. The molecule has 2 bridgehead atoms. The van der Waals surface area contributed by atoms with E-state index in [1.54, 1.807) is 0 Å². The second-order valence-corrected chi connectivity index (χ2v) is 7.53. The third-order valence-electron chi connectivity index (χ3n) is 6.00. The van der Waals surface area contributed by atoms with Crippen LogP contribution in [0, 0.1) is 11.8 Å². The molecule has 0 aliphatic carbocycles. The number of nitrogens with zero attached hydrogens (tertiary/aromatic N) is 1. The van der Waals surface area contributed by atoms with E-state index in [-0.39, 0.29) is 0 Å². The molecular formula is C23H28N2. The molecule has 0 aromatic heterocycles. The standard InChI is InChI=1S/C23H28N2/c1-2-19-17-25-13-12-22(19)14-23(25)16-24-15-18-8-10-21(11-9-18)20-6-4-3-5-7-20/h2-11,19,22-24H,1,12-17H2/t19-,22+,23-/m1/s1. The Morgan fingerprint density at radius 2 is 1.80 bits per heavy atom. The van der Waals surface area contributed by atoms with Crippen LogP contribution in [0.5, 0.6) is 0 Å². The highest BCUT2D eigenvalue weighted by Gasteiger charge is 2.38. The van der Waals surface area contributed by atoms with Gasteiger partial charge in [0.15, 0.2) is 0 Å². The zero-order valence-corrected chi connectivity index (χ0v) is 14.9. The highest BCUT2D eigenvalue weighted by atomic mass is 15.2. The van der Waals surface area contributed by atoms with Crippen LogP contribution in [0.2, 0.25) is 0 Å². The smallest absolute Gasteiger partial charge is 0.0223 e. The van der Waals surface area contributed by atoms with E-state index in [1.165, 1.54) is 42.6 Å². The monoisotopic (exact) mass is 332 g/mol. The lowest BCUT2D eigenvalue weighted by molar-refractivity contribution is 0.0195. The zero-order valence-electron chi connectivity index (χ0n) is 14.9. The van der Waals surface area contributed by atoms with Crippen LogP contribution in [-0.4, -0.2) is 30.6 Å². The summed E-state index contributed by atoms with van der Waals surface area (Å²) in [6.45, 7) is 8.55. The van der Waals surface area contributed by atoms with Crippen LogP contribution in [0.4, 0.5) is 0 Å². The van der Waals surface area contributed by atoms with Crippen molar-refractivity contribution in [3.05, 3.63) is 72.8 Å². The van der Waals surface area contributed by atoms with Gasteiger partial charge in [0, 0.05) is 25.7 Å². The van der Waals surface area contributed by atoms with Crippen molar-refractivity contribution in [2.45, 2.75) is 25.4 Å². The Kier molecular flexibility index (Phi) is 5.00. The molecule has 3 aliphatic heterocycles. The average molecular weight is 332 g/mol. The zero-order chi connectivity index (χ0) is 17.1. The number of hydrogen-bond acceptors (Lipinski definition) is 2. The summed E-state index contributed by atoms with van der Waals surface area (Å²) in [5.74, 6) is 1.58. The van der Waals surface area contributed by atoms with E-state index in [4.69, 9.17) is 0 Å². The fourth-order valence-electron chi connectivity index (χ4n) is 4.49. The number of hydrogen-bond donors (Lipinski definition) is 1. The van der Waals surface area contributed by atoms with Crippen molar-refractivity contribution < 1.29 is 0 Å². The van der Waals surface area contributed by atoms with Crippen molar-refractivity contribution in [1.29, 1.82) is 0 Å². The van der Waals surface area contributed by atoms with Gasteiger partial charge in [-0.2, -0.15) is 0 Å². The van der Waals surface area contributed by atoms with Crippen molar-refractivity contribution in [3.8, 4) is 11.1 Å². The number of rotatable bonds is 6. The van der Waals surface area contributed by atoms with Gasteiger partial charge in [0.1, 0.15) is 0 Å². The third-order valence-corrected chi connectivity index (χ3v) is 6.00. The van der Waals surface area contributed by atoms with Crippen molar-refractivity contribution in [2.24, 2.45) is 11.8 Å². The lowest BCUT2D eigenvalue weighted by Crippen LogP contribution is -2.55. The highest BCUT2D eigenvalue weighted by Crippen LogP contribution is 2.36. The average Bonchev–Trinajstić information content (AvgIpc) is 2.69. The number of fused-ring (bicyclic) bond motifs is 3. The van der Waals surface area contributed by atoms with E-state index in [9.17, 15) is 0 Å². The van der Waals surface area contributed by atoms with Gasteiger partial charge in [0.05, 0.1) is 0 Å². The number of benzene rings is 2. The molecule has 3 saturated heterocycles. The molecule has 5 rings (SSSR count). The molecule has 2 nitrogen and oxygen atoms in total. The Morgan fingerprint density at radius 1 is 1.04 bits per heavy atom. The Bertz CT molecular complexity index is 692. The van der Waals surface area contributed by atoms with Crippen molar-refractivity contribution >= 4 is 0 Å². The molecule has 0 radical (unpaired) electrons. The van der Waals surface area contributed by atoms with Crippen LogP contribution in [0.1, 0.15) is 18.4 Å². The topological polar surface area (TPSA) is 15.3 Å². The largest absolute Gasteiger partial charge is 0.311 e. The Balaban J connectivity index is 1.29. The SMILES string of the molecule is C=C[C@@H]1CN2CC[C@H]1C[C@@H]2CNCc1ccc(-c2ccccc2)cc1. The molecule has 25 heavy (non-hydrogen) atoms. The first-order valence-corrected chi connectivity index (χ1v) is 9.55. The molecule has 3 aliphatic rings. The summed E-state index contributed by atoms with van der Waals surface area (Å²) >= 11 is 0. The highest BCUT2D eigenvalue weighted by molar-refractivity contribution is 5.63. The predicted octanol–water partition coefficient (Wildman–Crippen LogP) is 4.34. The van der Waals surface area contributed by atoms with Crippen LogP contribution in [0.25, 0.3) is 11.1 Å². The van der Waals surface area contributed by atoms with E-state index >= 15 is 0 Å². The maximum Gasteiger partial charge on any atom is 0.0223 e. The summed E-state index contributed by atoms with van der Waals surface area (Å²) in [5, 5.41) is 3.68. The molecule has 1 N–H and O–H groups in total. The molecule has 1 unspecified atom stereocenters. The van der Waals surface area contributed by atoms with Crippen LogP contribution in [0.15, 0.2) is 67.3 Å². The normalized spacial score (nSPS) is 28.0. The van der Waals surface area contributed by atoms with Crippen molar-refractivity contribution in [3.63, 3.8) is 0 Å². The molecule has 4 atom stereocenters. The number of nitrogens with one attached hydrogen (secondary N) is 1. The van der Waals surface area contributed by atoms with Crippen LogP contribution >= 0.6 is 0 Å². The van der Waals surface area contributed by atoms with Crippen LogP contribution in [-0.2, 0) is 6.54 Å². The summed E-state index contributed by atoms with van der Waals surface area (Å²) in [5.41, 5.74) is 3.93. The summed E-state index contributed by atoms with van der Waals surface area (Å²) < 4.78 is 0. The molecule has 0 saturated carbocycles. The van der Waals surface area contributed by atoms with Gasteiger partial charge in [-0.1, -0.05) is 60.7 Å². The van der Waals surface area contributed by atoms with E-state index in [0.717, 1.165) is 24.9 Å². The molecule has 3 heterocycles. The fourth-order valence-corrected chi connectivity index (χ4v) is 4.49. The third kappa shape index (κ3) is 3.70. The quantitative estimate of drug-likeness (QED) is 0.792. The minimum absolute atomic E-state index is 0.707. The summed E-state index contributed by atoms with van der Waals surface area (Å²) in [6.07, 6.45) is 4.86. The molecular weight excluding hydrogens is 304 g/mol. The Morgan fingerprint density at radius 3 is 2.48 bits per heavy atom. The molecule has 2 aromatic carbocycles. The summed E-state index contributed by atoms with van der Waals surface area (Å²) in [6, 6.07) is 20.2.